The zero-order chi connectivity index (χ0) is 9.42. The van der Waals surface area contributed by atoms with E-state index in [4.69, 9.17) is 0 Å². The van der Waals surface area contributed by atoms with Gasteiger partial charge in [0.05, 0.1) is 0 Å². The zero-order valence-electron chi connectivity index (χ0n) is 8.13. The van der Waals surface area contributed by atoms with Gasteiger partial charge in [0.15, 0.2) is 0 Å². The average Bonchev–Trinajstić information content (AvgIpc) is 2.49. The monoisotopic (exact) mass is 238 g/mol. The van der Waals surface area contributed by atoms with E-state index in [-0.39, 0.29) is 0 Å². The normalized spacial score (nSPS) is 31.7. The van der Waals surface area contributed by atoms with Gasteiger partial charge in [-0.25, -0.2) is 0 Å². The van der Waals surface area contributed by atoms with Gasteiger partial charge in [0.2, 0.25) is 0 Å². The molecule has 0 aromatic heterocycles. The summed E-state index contributed by atoms with van der Waals surface area (Å²) in [7, 11) is 0. The number of rotatable bonds is 1. The van der Waals surface area contributed by atoms with Gasteiger partial charge in [0.1, 0.15) is 0 Å². The van der Waals surface area contributed by atoms with Crippen molar-refractivity contribution in [3.63, 3.8) is 0 Å². The fraction of sp³-hybridized carbons (Fsp3) is 0.500. The first kappa shape index (κ1) is 9.26. The molecule has 0 aromatic carbocycles. The summed E-state index contributed by atoms with van der Waals surface area (Å²) in [5.41, 5.74) is 1.62. The van der Waals surface area contributed by atoms with Crippen molar-refractivity contribution in [2.24, 2.45) is 17.8 Å². The molecule has 0 N–H and O–H groups in total. The Labute approximate surface area is 88.5 Å². The Morgan fingerprint density at radius 3 is 2.85 bits per heavy atom. The van der Waals surface area contributed by atoms with E-state index >= 15 is 0 Å². The van der Waals surface area contributed by atoms with E-state index in [1.807, 2.05) is 0 Å². The Bertz CT molecular complexity index is 294. The molecular weight excluding hydrogens is 224 g/mol. The quantitative estimate of drug-likeness (QED) is 0.605. The summed E-state index contributed by atoms with van der Waals surface area (Å²) < 4.78 is 1.34. The summed E-state index contributed by atoms with van der Waals surface area (Å²) in [6, 6.07) is 0. The van der Waals surface area contributed by atoms with Crippen LogP contribution in [0.3, 0.4) is 0 Å². The fourth-order valence-electron chi connectivity index (χ4n) is 2.12. The maximum absolute atomic E-state index is 3.64. The van der Waals surface area contributed by atoms with E-state index in [2.05, 4.69) is 54.1 Å². The Balaban J connectivity index is 2.23. The van der Waals surface area contributed by atoms with Crippen molar-refractivity contribution >= 4 is 15.9 Å². The first-order valence-corrected chi connectivity index (χ1v) is 5.72. The van der Waals surface area contributed by atoms with Crippen LogP contribution < -0.4 is 0 Å². The molecule has 70 valence electrons. The minimum absolute atomic E-state index is 0.627. The van der Waals surface area contributed by atoms with Crippen LogP contribution in [0, 0.1) is 17.8 Å². The molecule has 0 spiro atoms. The van der Waals surface area contributed by atoms with Gasteiger partial charge in [0.25, 0.3) is 0 Å². The molecule has 2 rings (SSSR count). The van der Waals surface area contributed by atoms with E-state index in [9.17, 15) is 0 Å². The molecule has 2 aliphatic carbocycles. The fourth-order valence-corrected chi connectivity index (χ4v) is 2.75. The van der Waals surface area contributed by atoms with Crippen LogP contribution in [0.1, 0.15) is 20.3 Å². The molecule has 2 unspecified atom stereocenters. The van der Waals surface area contributed by atoms with Gasteiger partial charge in [-0.2, -0.15) is 0 Å². The SMILES string of the molecule is CC(C)C1=CC2C(Br)=CC=CC2C1. The van der Waals surface area contributed by atoms with Gasteiger partial charge in [-0.15, -0.1) is 0 Å². The smallest absolute Gasteiger partial charge is 0.0153 e. The molecule has 0 amide bonds. The average molecular weight is 239 g/mol. The van der Waals surface area contributed by atoms with Crippen LogP contribution in [0.2, 0.25) is 0 Å². The molecule has 0 aromatic rings. The van der Waals surface area contributed by atoms with Crippen LogP contribution >= 0.6 is 15.9 Å². The molecular formula is C12H15Br. The number of halogens is 1. The third-order valence-corrected chi connectivity index (χ3v) is 3.79. The number of allylic oxidation sites excluding steroid dienone is 6. The first-order chi connectivity index (χ1) is 6.18. The lowest BCUT2D eigenvalue weighted by molar-refractivity contribution is 0.570. The maximum Gasteiger partial charge on any atom is 0.0153 e. The minimum Gasteiger partial charge on any atom is -0.0801 e. The second-order valence-electron chi connectivity index (χ2n) is 4.23. The van der Waals surface area contributed by atoms with E-state index in [0.29, 0.717) is 11.8 Å². The van der Waals surface area contributed by atoms with Gasteiger partial charge >= 0.3 is 0 Å². The largest absolute Gasteiger partial charge is 0.0801 e. The molecule has 0 bridgehead atoms. The third kappa shape index (κ3) is 1.67. The summed E-state index contributed by atoms with van der Waals surface area (Å²) >= 11 is 3.64. The molecule has 2 atom stereocenters. The van der Waals surface area contributed by atoms with E-state index in [1.165, 1.54) is 10.9 Å². The van der Waals surface area contributed by atoms with E-state index in [1.54, 1.807) is 5.57 Å². The van der Waals surface area contributed by atoms with Crippen LogP contribution in [0.4, 0.5) is 0 Å². The lowest BCUT2D eigenvalue weighted by Gasteiger charge is -2.18. The third-order valence-electron chi connectivity index (χ3n) is 3.00. The van der Waals surface area contributed by atoms with Crippen molar-refractivity contribution in [1.29, 1.82) is 0 Å². The van der Waals surface area contributed by atoms with Crippen molar-refractivity contribution in [2.45, 2.75) is 20.3 Å². The highest BCUT2D eigenvalue weighted by atomic mass is 79.9. The van der Waals surface area contributed by atoms with Gasteiger partial charge in [-0.1, -0.05) is 59.7 Å². The maximum atomic E-state index is 3.64. The predicted octanol–water partition coefficient (Wildman–Crippen LogP) is 4.05. The van der Waals surface area contributed by atoms with Crippen LogP contribution in [0.15, 0.2) is 34.4 Å². The molecule has 0 radical (unpaired) electrons. The summed E-state index contributed by atoms with van der Waals surface area (Å²) in [5, 5.41) is 0. The molecule has 0 saturated carbocycles. The lowest BCUT2D eigenvalue weighted by atomic mass is 9.91. The topological polar surface area (TPSA) is 0 Å². The molecule has 0 saturated heterocycles. The summed E-state index contributed by atoms with van der Waals surface area (Å²) in [6.07, 6.45) is 10.4. The van der Waals surface area contributed by atoms with Crippen LogP contribution in [-0.2, 0) is 0 Å². The number of hydrogen-bond donors (Lipinski definition) is 0. The highest BCUT2D eigenvalue weighted by Gasteiger charge is 2.29. The van der Waals surface area contributed by atoms with Crippen molar-refractivity contribution < 1.29 is 0 Å². The molecule has 1 heteroatoms. The molecule has 13 heavy (non-hydrogen) atoms. The van der Waals surface area contributed by atoms with Gasteiger partial charge in [0, 0.05) is 10.4 Å². The molecule has 2 aliphatic rings. The van der Waals surface area contributed by atoms with Crippen LogP contribution in [0.25, 0.3) is 0 Å². The molecule has 0 heterocycles. The molecule has 0 aliphatic heterocycles. The summed E-state index contributed by atoms with van der Waals surface area (Å²) in [4.78, 5) is 0. The van der Waals surface area contributed by atoms with E-state index in [0.717, 1.165) is 5.92 Å². The predicted molar refractivity (Wildman–Crippen MR) is 60.7 cm³/mol. The number of fused-ring (bicyclic) bond motifs is 1. The number of hydrogen-bond acceptors (Lipinski definition) is 0. The first-order valence-electron chi connectivity index (χ1n) is 4.93. The highest BCUT2D eigenvalue weighted by molar-refractivity contribution is 9.11. The van der Waals surface area contributed by atoms with Crippen molar-refractivity contribution in [1.82, 2.24) is 0 Å². The second-order valence-corrected chi connectivity index (χ2v) is 5.14. The van der Waals surface area contributed by atoms with Gasteiger partial charge in [-0.3, -0.25) is 0 Å². The Kier molecular flexibility index (Phi) is 2.46. The van der Waals surface area contributed by atoms with Crippen LogP contribution in [0.5, 0.6) is 0 Å². The van der Waals surface area contributed by atoms with Gasteiger partial charge < -0.3 is 0 Å². The molecule has 0 nitrogen and oxygen atoms in total. The Morgan fingerprint density at radius 2 is 2.23 bits per heavy atom. The standard InChI is InChI=1S/C12H15Br/c1-8(2)10-6-9-4-3-5-12(13)11(9)7-10/h3-5,7-9,11H,6H2,1-2H3. The van der Waals surface area contributed by atoms with Crippen molar-refractivity contribution in [3.05, 3.63) is 34.4 Å². The minimum atomic E-state index is 0.627. The Morgan fingerprint density at radius 1 is 1.46 bits per heavy atom. The molecule has 0 fully saturated rings. The summed E-state index contributed by atoms with van der Waals surface area (Å²) in [6.45, 7) is 4.56. The lowest BCUT2D eigenvalue weighted by Crippen LogP contribution is -2.07. The van der Waals surface area contributed by atoms with Gasteiger partial charge in [-0.05, 0) is 18.3 Å². The van der Waals surface area contributed by atoms with Crippen molar-refractivity contribution in [2.75, 3.05) is 0 Å². The zero-order valence-corrected chi connectivity index (χ0v) is 9.71. The Hall–Kier alpha value is -0.300. The van der Waals surface area contributed by atoms with Crippen LogP contribution in [-0.4, -0.2) is 0 Å². The summed E-state index contributed by atoms with van der Waals surface area (Å²) in [5.74, 6) is 2.05. The van der Waals surface area contributed by atoms with E-state index < -0.39 is 0 Å². The second kappa shape index (κ2) is 3.45. The van der Waals surface area contributed by atoms with Crippen molar-refractivity contribution in [3.8, 4) is 0 Å². The highest BCUT2D eigenvalue weighted by Crippen LogP contribution is 2.42.